The molecule has 3 rings (SSSR count). The van der Waals surface area contributed by atoms with Crippen molar-refractivity contribution >= 4 is 34.8 Å². The van der Waals surface area contributed by atoms with Gasteiger partial charge in [-0.3, -0.25) is 4.79 Å². The molecule has 0 saturated carbocycles. The van der Waals surface area contributed by atoms with Crippen molar-refractivity contribution in [2.45, 2.75) is 33.4 Å². The zero-order valence-corrected chi connectivity index (χ0v) is 17.7. The van der Waals surface area contributed by atoms with E-state index in [9.17, 15) is 9.18 Å². The minimum absolute atomic E-state index is 0.0126. The zero-order valence-electron chi connectivity index (χ0n) is 16.2. The number of ether oxygens (including phenoxy) is 1. The molecule has 1 N–H and O–H groups in total. The Bertz CT molecular complexity index is 1030. The van der Waals surface area contributed by atoms with Gasteiger partial charge in [0.15, 0.2) is 0 Å². The van der Waals surface area contributed by atoms with Crippen molar-refractivity contribution in [1.82, 2.24) is 9.78 Å². The van der Waals surface area contributed by atoms with Gasteiger partial charge >= 0.3 is 0 Å². The standard InChI is InChI=1S/C21H20Cl2FN3O2/c1-12(2)29-18-9-8-16(10-17(18)22)25-21(28)19-13(3)26-27(20(19)23)11-14-4-6-15(24)7-5-14/h4-10,12H,11H2,1-3H3,(H,25,28). The number of carbonyl (C=O) groups is 1. The molecule has 0 aliphatic heterocycles. The molecule has 0 aliphatic rings. The predicted octanol–water partition coefficient (Wildman–Crippen LogP) is 5.73. The second-order valence-corrected chi connectivity index (χ2v) is 7.57. The van der Waals surface area contributed by atoms with E-state index in [1.54, 1.807) is 37.3 Å². The highest BCUT2D eigenvalue weighted by Gasteiger charge is 2.21. The number of amides is 1. The van der Waals surface area contributed by atoms with Crippen LogP contribution in [0.2, 0.25) is 10.2 Å². The molecule has 1 heterocycles. The SMILES string of the molecule is Cc1nn(Cc2ccc(F)cc2)c(Cl)c1C(=O)Nc1ccc(OC(C)C)c(Cl)c1. The average molecular weight is 436 g/mol. The third-order valence-corrected chi connectivity index (χ3v) is 4.77. The number of halogens is 3. The van der Waals surface area contributed by atoms with E-state index < -0.39 is 5.91 Å². The number of rotatable bonds is 6. The van der Waals surface area contributed by atoms with Gasteiger partial charge < -0.3 is 10.1 Å². The highest BCUT2D eigenvalue weighted by Crippen LogP contribution is 2.29. The van der Waals surface area contributed by atoms with Crippen LogP contribution in [0.1, 0.15) is 35.5 Å². The van der Waals surface area contributed by atoms with Crippen LogP contribution in [0, 0.1) is 12.7 Å². The molecule has 0 atom stereocenters. The van der Waals surface area contributed by atoms with Gasteiger partial charge in [0, 0.05) is 5.69 Å². The monoisotopic (exact) mass is 435 g/mol. The normalized spacial score (nSPS) is 11.0. The molecule has 0 saturated heterocycles. The first-order valence-corrected chi connectivity index (χ1v) is 9.75. The van der Waals surface area contributed by atoms with E-state index in [1.807, 2.05) is 13.8 Å². The highest BCUT2D eigenvalue weighted by molar-refractivity contribution is 6.34. The van der Waals surface area contributed by atoms with Gasteiger partial charge in [-0.25, -0.2) is 9.07 Å². The number of nitrogens with zero attached hydrogens (tertiary/aromatic N) is 2. The number of anilines is 1. The van der Waals surface area contributed by atoms with Crippen molar-refractivity contribution in [1.29, 1.82) is 0 Å². The molecule has 3 aromatic rings. The lowest BCUT2D eigenvalue weighted by Gasteiger charge is -2.12. The van der Waals surface area contributed by atoms with Crippen LogP contribution in [0.3, 0.4) is 0 Å². The Morgan fingerprint density at radius 3 is 2.52 bits per heavy atom. The van der Waals surface area contributed by atoms with Crippen LogP contribution in [0.25, 0.3) is 0 Å². The predicted molar refractivity (Wildman–Crippen MR) is 113 cm³/mol. The van der Waals surface area contributed by atoms with E-state index in [-0.39, 0.29) is 22.6 Å². The molecular formula is C21H20Cl2FN3O2. The molecule has 0 spiro atoms. The Hall–Kier alpha value is -2.57. The largest absolute Gasteiger partial charge is 0.489 e. The van der Waals surface area contributed by atoms with Crippen molar-refractivity contribution in [3.63, 3.8) is 0 Å². The first-order valence-electron chi connectivity index (χ1n) is 8.99. The topological polar surface area (TPSA) is 56.2 Å². The fourth-order valence-electron chi connectivity index (χ4n) is 2.80. The number of aromatic nitrogens is 2. The van der Waals surface area contributed by atoms with Crippen LogP contribution < -0.4 is 10.1 Å². The molecular weight excluding hydrogens is 416 g/mol. The summed E-state index contributed by atoms with van der Waals surface area (Å²) < 4.78 is 20.2. The van der Waals surface area contributed by atoms with E-state index in [2.05, 4.69) is 10.4 Å². The maximum atomic E-state index is 13.1. The third kappa shape index (κ3) is 5.08. The minimum Gasteiger partial charge on any atom is -0.489 e. The van der Waals surface area contributed by atoms with Gasteiger partial charge in [0.25, 0.3) is 5.91 Å². The Kier molecular flexibility index (Phi) is 6.45. The lowest BCUT2D eigenvalue weighted by atomic mass is 10.2. The van der Waals surface area contributed by atoms with E-state index in [0.29, 0.717) is 28.7 Å². The van der Waals surface area contributed by atoms with Crippen molar-refractivity contribution in [3.05, 3.63) is 75.3 Å². The van der Waals surface area contributed by atoms with Crippen molar-refractivity contribution in [2.24, 2.45) is 0 Å². The highest BCUT2D eigenvalue weighted by atomic mass is 35.5. The molecule has 0 aliphatic carbocycles. The van der Waals surface area contributed by atoms with E-state index in [1.165, 1.54) is 16.8 Å². The van der Waals surface area contributed by atoms with E-state index in [4.69, 9.17) is 27.9 Å². The molecule has 0 unspecified atom stereocenters. The van der Waals surface area contributed by atoms with E-state index in [0.717, 1.165) is 5.56 Å². The number of hydrogen-bond donors (Lipinski definition) is 1. The number of nitrogens with one attached hydrogen (secondary N) is 1. The van der Waals surface area contributed by atoms with Gasteiger partial charge in [-0.15, -0.1) is 0 Å². The van der Waals surface area contributed by atoms with Crippen LogP contribution in [-0.2, 0) is 6.54 Å². The summed E-state index contributed by atoms with van der Waals surface area (Å²) in [7, 11) is 0. The van der Waals surface area contributed by atoms with E-state index >= 15 is 0 Å². The molecule has 29 heavy (non-hydrogen) atoms. The molecule has 5 nitrogen and oxygen atoms in total. The van der Waals surface area contributed by atoms with Crippen LogP contribution in [0.5, 0.6) is 5.75 Å². The first-order chi connectivity index (χ1) is 13.7. The van der Waals surface area contributed by atoms with Crippen molar-refractivity contribution in [3.8, 4) is 5.75 Å². The van der Waals surface area contributed by atoms with Crippen molar-refractivity contribution in [2.75, 3.05) is 5.32 Å². The van der Waals surface area contributed by atoms with Crippen LogP contribution in [0.15, 0.2) is 42.5 Å². The molecule has 0 fully saturated rings. The second kappa shape index (κ2) is 8.84. The second-order valence-electron chi connectivity index (χ2n) is 6.80. The molecule has 152 valence electrons. The Labute approximate surface area is 178 Å². The summed E-state index contributed by atoms with van der Waals surface area (Å²) in [6.07, 6.45) is -0.0126. The summed E-state index contributed by atoms with van der Waals surface area (Å²) in [5.74, 6) is -0.174. The molecule has 2 aromatic carbocycles. The third-order valence-electron chi connectivity index (χ3n) is 4.09. The quantitative estimate of drug-likeness (QED) is 0.537. The van der Waals surface area contributed by atoms with Crippen molar-refractivity contribution < 1.29 is 13.9 Å². The first kappa shape index (κ1) is 21.1. The van der Waals surface area contributed by atoms with Crippen LogP contribution >= 0.6 is 23.2 Å². The molecule has 1 amide bonds. The number of aryl methyl sites for hydroxylation is 1. The van der Waals surface area contributed by atoms with Crippen LogP contribution in [-0.4, -0.2) is 21.8 Å². The van der Waals surface area contributed by atoms with Gasteiger partial charge in [0.05, 0.1) is 28.9 Å². The number of benzene rings is 2. The smallest absolute Gasteiger partial charge is 0.260 e. The number of hydrogen-bond acceptors (Lipinski definition) is 3. The van der Waals surface area contributed by atoms with Crippen LogP contribution in [0.4, 0.5) is 10.1 Å². The molecule has 0 bridgehead atoms. The van der Waals surface area contributed by atoms with Gasteiger partial charge in [0.2, 0.25) is 0 Å². The van der Waals surface area contributed by atoms with Gasteiger partial charge in [-0.2, -0.15) is 5.10 Å². The number of carbonyl (C=O) groups excluding carboxylic acids is 1. The summed E-state index contributed by atoms with van der Waals surface area (Å²) in [5, 5.41) is 7.72. The molecule has 0 radical (unpaired) electrons. The summed E-state index contributed by atoms with van der Waals surface area (Å²) in [6, 6.07) is 11.0. The average Bonchev–Trinajstić information content (AvgIpc) is 2.92. The maximum Gasteiger partial charge on any atom is 0.260 e. The summed E-state index contributed by atoms with van der Waals surface area (Å²) >= 11 is 12.6. The Balaban J connectivity index is 1.78. The molecule has 8 heteroatoms. The van der Waals surface area contributed by atoms with Gasteiger partial charge in [-0.05, 0) is 56.7 Å². The minimum atomic E-state index is -0.397. The summed E-state index contributed by atoms with van der Waals surface area (Å²) in [4.78, 5) is 12.8. The Morgan fingerprint density at radius 2 is 1.90 bits per heavy atom. The lowest BCUT2D eigenvalue weighted by molar-refractivity contribution is 0.102. The molecule has 1 aromatic heterocycles. The van der Waals surface area contributed by atoms with Gasteiger partial charge in [0.1, 0.15) is 16.7 Å². The fourth-order valence-corrected chi connectivity index (χ4v) is 3.35. The van der Waals surface area contributed by atoms with Gasteiger partial charge in [-0.1, -0.05) is 35.3 Å². The maximum absolute atomic E-state index is 13.1. The summed E-state index contributed by atoms with van der Waals surface area (Å²) in [5.41, 5.74) is 2.08. The summed E-state index contributed by atoms with van der Waals surface area (Å²) in [6.45, 7) is 5.83. The Morgan fingerprint density at radius 1 is 1.21 bits per heavy atom. The fraction of sp³-hybridized carbons (Fsp3) is 0.238. The zero-order chi connectivity index (χ0) is 21.1. The lowest BCUT2D eigenvalue weighted by Crippen LogP contribution is -2.13.